The van der Waals surface area contributed by atoms with Crippen molar-refractivity contribution in [2.75, 3.05) is 26.2 Å². The summed E-state index contributed by atoms with van der Waals surface area (Å²) in [6.45, 7) is 4.25. The summed E-state index contributed by atoms with van der Waals surface area (Å²) in [4.78, 5) is 0. The van der Waals surface area contributed by atoms with Crippen LogP contribution >= 0.6 is 0 Å². The second-order valence-corrected chi connectivity index (χ2v) is 3.82. The van der Waals surface area contributed by atoms with Gasteiger partial charge in [-0.15, -0.1) is 0 Å². The van der Waals surface area contributed by atoms with E-state index in [1.807, 2.05) is 0 Å². The number of rotatable bonds is 0. The van der Waals surface area contributed by atoms with Crippen LogP contribution in [0.1, 0.15) is 38.5 Å². The van der Waals surface area contributed by atoms with Crippen LogP contribution < -0.4 is 5.32 Å². The van der Waals surface area contributed by atoms with E-state index < -0.39 is 0 Å². The second-order valence-electron chi connectivity index (χ2n) is 3.82. The van der Waals surface area contributed by atoms with Crippen LogP contribution in [0.15, 0.2) is 0 Å². The molecule has 0 atom stereocenters. The minimum Gasteiger partial charge on any atom is -0.317 e. The average Bonchev–Trinajstić information content (AvgIpc) is 2.22. The van der Waals surface area contributed by atoms with Crippen LogP contribution in [0, 0.1) is 0 Å². The van der Waals surface area contributed by atoms with Crippen LogP contribution in [-0.2, 0) is 0 Å². The molecule has 2 fully saturated rings. The lowest BCUT2D eigenvalue weighted by Gasteiger charge is -2.18. The molecule has 0 aromatic heterocycles. The molecule has 2 saturated heterocycles. The van der Waals surface area contributed by atoms with Gasteiger partial charge in [0.1, 0.15) is 0 Å². The van der Waals surface area contributed by atoms with Gasteiger partial charge < -0.3 is 10.5 Å². The van der Waals surface area contributed by atoms with E-state index in [1.165, 1.54) is 43.8 Å². The fourth-order valence-electron chi connectivity index (χ4n) is 1.68. The molecule has 3 heteroatoms. The minimum absolute atomic E-state index is 0.875. The SMILES string of the molecule is C1CCNCC1.ON1CCCCC1. The third-order valence-corrected chi connectivity index (χ3v) is 2.54. The Morgan fingerprint density at radius 3 is 1.54 bits per heavy atom. The Hall–Kier alpha value is -0.120. The van der Waals surface area contributed by atoms with Gasteiger partial charge in [0.2, 0.25) is 0 Å². The van der Waals surface area contributed by atoms with E-state index in [4.69, 9.17) is 5.21 Å². The third-order valence-electron chi connectivity index (χ3n) is 2.54. The Morgan fingerprint density at radius 2 is 1.31 bits per heavy atom. The highest BCUT2D eigenvalue weighted by atomic mass is 16.5. The smallest absolute Gasteiger partial charge is 0.0238 e. The van der Waals surface area contributed by atoms with Gasteiger partial charge in [0, 0.05) is 13.1 Å². The highest BCUT2D eigenvalue weighted by Gasteiger charge is 2.04. The normalized spacial score (nSPS) is 24.7. The summed E-state index contributed by atoms with van der Waals surface area (Å²) in [5.41, 5.74) is 0. The van der Waals surface area contributed by atoms with Crippen molar-refractivity contribution in [2.24, 2.45) is 0 Å². The predicted molar refractivity (Wildman–Crippen MR) is 53.9 cm³/mol. The summed E-state index contributed by atoms with van der Waals surface area (Å²) >= 11 is 0. The molecule has 0 amide bonds. The largest absolute Gasteiger partial charge is 0.317 e. The van der Waals surface area contributed by atoms with Crippen LogP contribution in [0.4, 0.5) is 0 Å². The molecule has 2 rings (SSSR count). The van der Waals surface area contributed by atoms with E-state index in [1.54, 1.807) is 0 Å². The van der Waals surface area contributed by atoms with Crippen molar-refractivity contribution in [3.63, 3.8) is 0 Å². The molecule has 3 nitrogen and oxygen atoms in total. The first-order chi connectivity index (χ1) is 6.39. The summed E-state index contributed by atoms with van der Waals surface area (Å²) in [7, 11) is 0. The average molecular weight is 186 g/mol. The lowest BCUT2D eigenvalue weighted by atomic mass is 10.2. The van der Waals surface area contributed by atoms with E-state index in [0.29, 0.717) is 0 Å². The molecule has 0 aliphatic carbocycles. The molecule has 0 aromatic carbocycles. The van der Waals surface area contributed by atoms with Gasteiger partial charge in [-0.05, 0) is 38.8 Å². The molecule has 2 aliphatic heterocycles. The first-order valence-corrected chi connectivity index (χ1v) is 5.54. The molecule has 2 N–H and O–H groups in total. The van der Waals surface area contributed by atoms with Crippen molar-refractivity contribution in [3.05, 3.63) is 0 Å². The fraction of sp³-hybridized carbons (Fsp3) is 1.00. The van der Waals surface area contributed by atoms with Crippen molar-refractivity contribution in [1.29, 1.82) is 0 Å². The maximum atomic E-state index is 8.74. The summed E-state index contributed by atoms with van der Waals surface area (Å²) < 4.78 is 0. The standard InChI is InChI=1S/C5H11NO.C5H11N/c7-6-4-2-1-3-5-6;1-2-4-6-5-3-1/h7H,1-5H2;6H,1-5H2. The highest BCUT2D eigenvalue weighted by Crippen LogP contribution is 2.04. The minimum atomic E-state index is 0.875. The number of hydroxylamine groups is 2. The first kappa shape index (κ1) is 11.0. The van der Waals surface area contributed by atoms with Gasteiger partial charge in [-0.1, -0.05) is 12.8 Å². The van der Waals surface area contributed by atoms with E-state index in [0.717, 1.165) is 25.9 Å². The Bertz CT molecular complexity index is 98.0. The molecular weight excluding hydrogens is 164 g/mol. The molecule has 78 valence electrons. The van der Waals surface area contributed by atoms with Crippen molar-refractivity contribution < 1.29 is 5.21 Å². The van der Waals surface area contributed by atoms with Gasteiger partial charge in [-0.2, -0.15) is 5.06 Å². The molecule has 13 heavy (non-hydrogen) atoms. The number of hydrogen-bond acceptors (Lipinski definition) is 3. The lowest BCUT2D eigenvalue weighted by molar-refractivity contribution is -0.103. The van der Waals surface area contributed by atoms with Gasteiger partial charge in [0.25, 0.3) is 0 Å². The van der Waals surface area contributed by atoms with Crippen LogP contribution in [0.5, 0.6) is 0 Å². The maximum Gasteiger partial charge on any atom is 0.0238 e. The first-order valence-electron chi connectivity index (χ1n) is 5.54. The zero-order valence-corrected chi connectivity index (χ0v) is 8.47. The number of piperidine rings is 2. The summed E-state index contributed by atoms with van der Waals surface area (Å²) in [6, 6.07) is 0. The monoisotopic (exact) mass is 186 g/mol. The van der Waals surface area contributed by atoms with E-state index in [-0.39, 0.29) is 0 Å². The predicted octanol–water partition coefficient (Wildman–Crippen LogP) is 1.62. The molecule has 0 radical (unpaired) electrons. The third kappa shape index (κ3) is 6.02. The summed E-state index contributed by atoms with van der Waals surface area (Å²) in [6.07, 6.45) is 7.83. The van der Waals surface area contributed by atoms with Crippen molar-refractivity contribution >= 4 is 0 Å². The van der Waals surface area contributed by atoms with Crippen molar-refractivity contribution in [2.45, 2.75) is 38.5 Å². The van der Waals surface area contributed by atoms with E-state index >= 15 is 0 Å². The molecule has 0 spiro atoms. The molecular formula is C10H22N2O. The summed E-state index contributed by atoms with van der Waals surface area (Å²) in [5, 5.41) is 13.4. The van der Waals surface area contributed by atoms with Crippen molar-refractivity contribution in [1.82, 2.24) is 10.4 Å². The van der Waals surface area contributed by atoms with Crippen LogP contribution in [0.2, 0.25) is 0 Å². The molecule has 0 saturated carbocycles. The zero-order valence-electron chi connectivity index (χ0n) is 8.47. The quantitative estimate of drug-likeness (QED) is 0.603. The molecule has 0 unspecified atom stereocenters. The van der Waals surface area contributed by atoms with Gasteiger partial charge in [0.05, 0.1) is 0 Å². The van der Waals surface area contributed by atoms with E-state index in [9.17, 15) is 0 Å². The summed E-state index contributed by atoms with van der Waals surface area (Å²) in [5.74, 6) is 0. The number of nitrogens with zero attached hydrogens (tertiary/aromatic N) is 1. The Morgan fingerprint density at radius 1 is 0.769 bits per heavy atom. The van der Waals surface area contributed by atoms with Crippen LogP contribution in [-0.4, -0.2) is 36.4 Å². The Balaban J connectivity index is 0.000000132. The second kappa shape index (κ2) is 7.30. The number of hydrogen-bond donors (Lipinski definition) is 2. The Kier molecular flexibility index (Phi) is 6.15. The highest BCUT2D eigenvalue weighted by molar-refractivity contribution is 4.55. The molecule has 0 bridgehead atoms. The molecule has 0 aromatic rings. The topological polar surface area (TPSA) is 35.5 Å². The van der Waals surface area contributed by atoms with Crippen LogP contribution in [0.25, 0.3) is 0 Å². The number of nitrogens with one attached hydrogen (secondary N) is 1. The van der Waals surface area contributed by atoms with Crippen molar-refractivity contribution in [3.8, 4) is 0 Å². The lowest BCUT2D eigenvalue weighted by Crippen LogP contribution is -2.25. The van der Waals surface area contributed by atoms with Gasteiger partial charge in [-0.3, -0.25) is 0 Å². The fourth-order valence-corrected chi connectivity index (χ4v) is 1.68. The molecule has 2 heterocycles. The van der Waals surface area contributed by atoms with Crippen LogP contribution in [0.3, 0.4) is 0 Å². The van der Waals surface area contributed by atoms with E-state index in [2.05, 4.69) is 5.32 Å². The Labute approximate surface area is 81.1 Å². The zero-order chi connectivity index (χ0) is 9.36. The van der Waals surface area contributed by atoms with Gasteiger partial charge >= 0.3 is 0 Å². The van der Waals surface area contributed by atoms with Gasteiger partial charge in [0.15, 0.2) is 0 Å². The van der Waals surface area contributed by atoms with Gasteiger partial charge in [-0.25, -0.2) is 0 Å². The molecule has 2 aliphatic rings. The maximum absolute atomic E-state index is 8.74.